The first-order valence-electron chi connectivity index (χ1n) is 6.45. The lowest BCUT2D eigenvalue weighted by molar-refractivity contribution is 0.414. The fourth-order valence-corrected chi connectivity index (χ4v) is 2.40. The van der Waals surface area contributed by atoms with Crippen molar-refractivity contribution in [1.82, 2.24) is 10.2 Å². The molecule has 1 aromatic heterocycles. The van der Waals surface area contributed by atoms with Crippen LogP contribution in [-0.4, -0.2) is 23.1 Å². The molecule has 106 valence electrons. The first-order chi connectivity index (χ1) is 9.43. The highest BCUT2D eigenvalue weighted by molar-refractivity contribution is 5.86. The van der Waals surface area contributed by atoms with E-state index in [0.29, 0.717) is 11.7 Å². The van der Waals surface area contributed by atoms with E-state index in [1.165, 1.54) is 0 Å². The Balaban J connectivity index is 2.69. The SMILES string of the molecule is COc1cc(C)c(-c2c(N=C(C)N)n[nH]c2C)c(C)c1. The lowest BCUT2D eigenvalue weighted by Crippen LogP contribution is -2.04. The summed E-state index contributed by atoms with van der Waals surface area (Å²) in [4.78, 5) is 4.30. The van der Waals surface area contributed by atoms with Crippen LogP contribution >= 0.6 is 0 Å². The molecule has 0 aliphatic heterocycles. The predicted octanol–water partition coefficient (Wildman–Crippen LogP) is 3.02. The summed E-state index contributed by atoms with van der Waals surface area (Å²) in [5.41, 5.74) is 11.0. The number of aryl methyl sites for hydroxylation is 3. The smallest absolute Gasteiger partial charge is 0.183 e. The van der Waals surface area contributed by atoms with Gasteiger partial charge in [-0.2, -0.15) is 5.10 Å². The quantitative estimate of drug-likeness (QED) is 0.666. The second kappa shape index (κ2) is 5.36. The van der Waals surface area contributed by atoms with Crippen LogP contribution in [0.25, 0.3) is 11.1 Å². The molecule has 0 saturated heterocycles. The van der Waals surface area contributed by atoms with Gasteiger partial charge in [0, 0.05) is 11.3 Å². The van der Waals surface area contributed by atoms with Gasteiger partial charge in [0.25, 0.3) is 0 Å². The minimum atomic E-state index is 0.488. The lowest BCUT2D eigenvalue weighted by atomic mass is 9.95. The minimum Gasteiger partial charge on any atom is -0.497 e. The summed E-state index contributed by atoms with van der Waals surface area (Å²) >= 11 is 0. The Morgan fingerprint density at radius 3 is 2.30 bits per heavy atom. The number of rotatable bonds is 3. The van der Waals surface area contributed by atoms with Crippen LogP contribution in [0, 0.1) is 20.8 Å². The van der Waals surface area contributed by atoms with E-state index in [2.05, 4.69) is 29.0 Å². The fourth-order valence-electron chi connectivity index (χ4n) is 2.40. The summed E-state index contributed by atoms with van der Waals surface area (Å²) in [7, 11) is 1.67. The summed E-state index contributed by atoms with van der Waals surface area (Å²) in [6.45, 7) is 7.85. The van der Waals surface area contributed by atoms with Crippen molar-refractivity contribution in [1.29, 1.82) is 0 Å². The van der Waals surface area contributed by atoms with Crippen LogP contribution in [0.2, 0.25) is 0 Å². The van der Waals surface area contributed by atoms with E-state index in [9.17, 15) is 0 Å². The second-order valence-electron chi connectivity index (χ2n) is 4.94. The molecule has 0 fully saturated rings. The number of methoxy groups -OCH3 is 1. The largest absolute Gasteiger partial charge is 0.497 e. The number of hydrogen-bond acceptors (Lipinski definition) is 3. The van der Waals surface area contributed by atoms with E-state index in [0.717, 1.165) is 33.7 Å². The van der Waals surface area contributed by atoms with Gasteiger partial charge in [0.2, 0.25) is 0 Å². The zero-order valence-corrected chi connectivity index (χ0v) is 12.5. The number of hydrogen-bond donors (Lipinski definition) is 2. The van der Waals surface area contributed by atoms with Crippen LogP contribution in [0.3, 0.4) is 0 Å². The highest BCUT2D eigenvalue weighted by Crippen LogP contribution is 2.37. The van der Waals surface area contributed by atoms with Gasteiger partial charge >= 0.3 is 0 Å². The van der Waals surface area contributed by atoms with Gasteiger partial charge in [0.05, 0.1) is 12.9 Å². The van der Waals surface area contributed by atoms with E-state index >= 15 is 0 Å². The Morgan fingerprint density at radius 2 is 1.80 bits per heavy atom. The monoisotopic (exact) mass is 272 g/mol. The molecule has 20 heavy (non-hydrogen) atoms. The molecular formula is C15H20N4O. The van der Waals surface area contributed by atoms with Gasteiger partial charge in [0.15, 0.2) is 5.82 Å². The number of ether oxygens (including phenoxy) is 1. The maximum absolute atomic E-state index is 5.68. The van der Waals surface area contributed by atoms with Gasteiger partial charge in [-0.05, 0) is 56.5 Å². The maximum atomic E-state index is 5.68. The Hall–Kier alpha value is -2.30. The molecule has 0 aliphatic carbocycles. The number of nitrogens with two attached hydrogens (primary N) is 1. The summed E-state index contributed by atoms with van der Waals surface area (Å²) in [6, 6.07) is 4.02. The Bertz CT molecular complexity index is 644. The van der Waals surface area contributed by atoms with Crippen molar-refractivity contribution in [3.8, 4) is 16.9 Å². The van der Waals surface area contributed by atoms with Crippen LogP contribution in [0.5, 0.6) is 5.75 Å². The van der Waals surface area contributed by atoms with Crippen LogP contribution in [0.15, 0.2) is 17.1 Å². The van der Waals surface area contributed by atoms with E-state index in [-0.39, 0.29) is 0 Å². The number of H-pyrrole nitrogens is 1. The minimum absolute atomic E-state index is 0.488. The van der Waals surface area contributed by atoms with Gasteiger partial charge < -0.3 is 10.5 Å². The average Bonchev–Trinajstić information content (AvgIpc) is 2.70. The molecule has 1 aromatic carbocycles. The first kappa shape index (κ1) is 14.1. The van der Waals surface area contributed by atoms with Gasteiger partial charge in [-0.25, -0.2) is 4.99 Å². The molecule has 0 spiro atoms. The molecule has 0 atom stereocenters. The van der Waals surface area contributed by atoms with Crippen LogP contribution in [0.1, 0.15) is 23.7 Å². The molecule has 5 heteroatoms. The Kier molecular flexibility index (Phi) is 3.79. The third kappa shape index (κ3) is 2.52. The molecule has 5 nitrogen and oxygen atoms in total. The summed E-state index contributed by atoms with van der Waals surface area (Å²) < 4.78 is 5.30. The van der Waals surface area contributed by atoms with Crippen molar-refractivity contribution in [2.24, 2.45) is 10.7 Å². The number of amidine groups is 1. The highest BCUT2D eigenvalue weighted by Gasteiger charge is 2.17. The molecular weight excluding hydrogens is 252 g/mol. The summed E-state index contributed by atoms with van der Waals surface area (Å²) in [6.07, 6.45) is 0. The number of nitrogens with zero attached hydrogens (tertiary/aromatic N) is 2. The molecule has 0 saturated carbocycles. The van der Waals surface area contributed by atoms with Crippen molar-refractivity contribution in [3.63, 3.8) is 0 Å². The third-order valence-corrected chi connectivity index (χ3v) is 3.20. The molecule has 2 aromatic rings. The molecule has 0 aliphatic rings. The maximum Gasteiger partial charge on any atom is 0.183 e. The topological polar surface area (TPSA) is 76.3 Å². The molecule has 0 amide bonds. The van der Waals surface area contributed by atoms with Crippen molar-refractivity contribution in [3.05, 3.63) is 29.0 Å². The van der Waals surface area contributed by atoms with Crippen molar-refractivity contribution < 1.29 is 4.74 Å². The van der Waals surface area contributed by atoms with Gasteiger partial charge in [-0.3, -0.25) is 5.10 Å². The predicted molar refractivity (Wildman–Crippen MR) is 81.7 cm³/mol. The number of nitrogens with one attached hydrogen (secondary N) is 1. The van der Waals surface area contributed by atoms with Crippen LogP contribution in [0.4, 0.5) is 5.82 Å². The normalized spacial score (nSPS) is 11.8. The molecule has 0 radical (unpaired) electrons. The van der Waals surface area contributed by atoms with E-state index < -0.39 is 0 Å². The first-order valence-corrected chi connectivity index (χ1v) is 6.45. The van der Waals surface area contributed by atoms with E-state index in [1.54, 1.807) is 14.0 Å². The molecule has 2 rings (SSSR count). The van der Waals surface area contributed by atoms with Gasteiger partial charge in [0.1, 0.15) is 5.75 Å². The summed E-state index contributed by atoms with van der Waals surface area (Å²) in [5.74, 6) is 1.96. The van der Waals surface area contributed by atoms with E-state index in [4.69, 9.17) is 10.5 Å². The number of aromatic nitrogens is 2. The van der Waals surface area contributed by atoms with Gasteiger partial charge in [-0.15, -0.1) is 0 Å². The van der Waals surface area contributed by atoms with Gasteiger partial charge in [-0.1, -0.05) is 0 Å². The molecule has 0 bridgehead atoms. The van der Waals surface area contributed by atoms with Crippen molar-refractivity contribution >= 4 is 11.7 Å². The molecule has 3 N–H and O–H groups in total. The number of benzene rings is 1. The number of aliphatic imine (C=N–C) groups is 1. The third-order valence-electron chi connectivity index (χ3n) is 3.20. The average molecular weight is 272 g/mol. The number of aromatic amines is 1. The highest BCUT2D eigenvalue weighted by atomic mass is 16.5. The Labute approximate surface area is 118 Å². The zero-order chi connectivity index (χ0) is 14.9. The standard InChI is InChI=1S/C15H20N4O/c1-8-6-12(20-5)7-9(2)13(8)14-10(3)18-19-15(14)17-11(4)16/h6-7H,1-5H3,(H3,16,17,18,19). The Morgan fingerprint density at radius 1 is 1.20 bits per heavy atom. The lowest BCUT2D eigenvalue weighted by Gasteiger charge is -2.12. The van der Waals surface area contributed by atoms with Crippen LogP contribution < -0.4 is 10.5 Å². The molecule has 1 heterocycles. The fraction of sp³-hybridized carbons (Fsp3) is 0.333. The zero-order valence-electron chi connectivity index (χ0n) is 12.5. The van der Waals surface area contributed by atoms with Crippen LogP contribution in [-0.2, 0) is 0 Å². The molecule has 0 unspecified atom stereocenters. The van der Waals surface area contributed by atoms with Crippen molar-refractivity contribution in [2.75, 3.05) is 7.11 Å². The van der Waals surface area contributed by atoms with Crippen molar-refractivity contribution in [2.45, 2.75) is 27.7 Å². The second-order valence-corrected chi connectivity index (χ2v) is 4.94. The van der Waals surface area contributed by atoms with E-state index in [1.807, 2.05) is 19.1 Å². The summed E-state index contributed by atoms with van der Waals surface area (Å²) in [5, 5.41) is 7.21.